The molecule has 0 heterocycles. The van der Waals surface area contributed by atoms with Gasteiger partial charge in [0.2, 0.25) is 5.91 Å². The Balaban J connectivity index is 2.18. The van der Waals surface area contributed by atoms with Gasteiger partial charge >= 0.3 is 0 Å². The van der Waals surface area contributed by atoms with Crippen molar-refractivity contribution in [3.8, 4) is 0 Å². The molecular weight excluding hydrogens is 260 g/mol. The molecule has 0 saturated heterocycles. The van der Waals surface area contributed by atoms with Gasteiger partial charge in [-0.15, -0.1) is 0 Å². The highest BCUT2D eigenvalue weighted by Crippen LogP contribution is 2.62. The van der Waals surface area contributed by atoms with Crippen molar-refractivity contribution in [1.29, 1.82) is 0 Å². The Morgan fingerprint density at radius 3 is 2.33 bits per heavy atom. The van der Waals surface area contributed by atoms with Crippen LogP contribution in [0.1, 0.15) is 60.3 Å². The summed E-state index contributed by atoms with van der Waals surface area (Å²) in [5.74, 6) is 1.57. The lowest BCUT2D eigenvalue weighted by Crippen LogP contribution is -2.57. The summed E-state index contributed by atoms with van der Waals surface area (Å²) in [4.78, 5) is 14.3. The quantitative estimate of drug-likeness (QED) is 0.844. The topological polar surface area (TPSA) is 32.3 Å². The van der Waals surface area contributed by atoms with Crippen LogP contribution in [0.25, 0.3) is 0 Å². The molecule has 21 heavy (non-hydrogen) atoms. The highest BCUT2D eigenvalue weighted by atomic mass is 16.2. The summed E-state index contributed by atoms with van der Waals surface area (Å²) in [5, 5.41) is 3.80. The fourth-order valence-corrected chi connectivity index (χ4v) is 4.94. The van der Waals surface area contributed by atoms with E-state index >= 15 is 0 Å². The maximum atomic E-state index is 12.6. The number of hydrogen-bond donors (Lipinski definition) is 1. The number of likely N-dealkylation sites (N-methyl/N-ethyl adjacent to an activating group) is 1. The van der Waals surface area contributed by atoms with Gasteiger partial charge in [0.05, 0.1) is 6.04 Å². The van der Waals surface area contributed by atoms with Crippen LogP contribution < -0.4 is 5.32 Å². The van der Waals surface area contributed by atoms with E-state index < -0.39 is 0 Å². The molecule has 2 fully saturated rings. The Morgan fingerprint density at radius 2 is 1.90 bits per heavy atom. The zero-order chi connectivity index (χ0) is 16.0. The van der Waals surface area contributed by atoms with E-state index in [2.05, 4.69) is 39.9 Å². The molecule has 0 radical (unpaired) electrons. The van der Waals surface area contributed by atoms with E-state index in [4.69, 9.17) is 0 Å². The molecule has 122 valence electrons. The van der Waals surface area contributed by atoms with Gasteiger partial charge in [-0.1, -0.05) is 34.6 Å². The first-order chi connectivity index (χ1) is 9.58. The van der Waals surface area contributed by atoms with Crippen molar-refractivity contribution in [2.24, 2.45) is 22.7 Å². The summed E-state index contributed by atoms with van der Waals surface area (Å²) in [6.07, 6.45) is 4.91. The van der Waals surface area contributed by atoms with Crippen molar-refractivity contribution in [2.45, 2.75) is 72.4 Å². The Kier molecular flexibility index (Phi) is 4.45. The normalized spacial score (nSPS) is 35.2. The molecule has 0 aromatic rings. The molecule has 2 saturated carbocycles. The Morgan fingerprint density at radius 1 is 1.29 bits per heavy atom. The van der Waals surface area contributed by atoms with Gasteiger partial charge in [0.1, 0.15) is 0 Å². The third-order valence-corrected chi connectivity index (χ3v) is 6.08. The van der Waals surface area contributed by atoms with Crippen molar-refractivity contribution in [3.05, 3.63) is 0 Å². The number of hydrogen-bond acceptors (Lipinski definition) is 2. The molecule has 0 spiro atoms. The fourth-order valence-electron chi connectivity index (χ4n) is 4.94. The van der Waals surface area contributed by atoms with Gasteiger partial charge in [0, 0.05) is 20.1 Å². The van der Waals surface area contributed by atoms with E-state index in [1.165, 1.54) is 19.3 Å². The SMILES string of the molecule is CC(C)CC(NC1C2(C)CCC(C2)C1(C)C)C(=O)N(C)C. The number of fused-ring (bicyclic) bond motifs is 2. The number of nitrogens with zero attached hydrogens (tertiary/aromatic N) is 1. The van der Waals surface area contributed by atoms with Crippen molar-refractivity contribution in [2.75, 3.05) is 14.1 Å². The van der Waals surface area contributed by atoms with E-state index in [1.54, 1.807) is 4.90 Å². The lowest BCUT2D eigenvalue weighted by molar-refractivity contribution is -0.132. The van der Waals surface area contributed by atoms with E-state index in [-0.39, 0.29) is 11.9 Å². The first-order valence-electron chi connectivity index (χ1n) is 8.55. The number of nitrogens with one attached hydrogen (secondary N) is 1. The molecule has 1 amide bonds. The molecular formula is C18H34N2O. The molecule has 3 heteroatoms. The Labute approximate surface area is 130 Å². The average molecular weight is 294 g/mol. The second kappa shape index (κ2) is 5.57. The standard InChI is InChI=1S/C18H34N2O/c1-12(2)10-14(15(21)20(6)7)19-16-17(3,4)13-8-9-18(16,5)11-13/h12-14,16,19H,8-11H2,1-7H3. The van der Waals surface area contributed by atoms with Gasteiger partial charge in [-0.3, -0.25) is 4.79 Å². The monoisotopic (exact) mass is 294 g/mol. The number of carbonyl (C=O) groups is 1. The number of carbonyl (C=O) groups excluding carboxylic acids is 1. The van der Waals surface area contributed by atoms with Crippen molar-refractivity contribution in [1.82, 2.24) is 10.2 Å². The minimum atomic E-state index is -0.0413. The fraction of sp³-hybridized carbons (Fsp3) is 0.944. The van der Waals surface area contributed by atoms with Crippen LogP contribution >= 0.6 is 0 Å². The highest BCUT2D eigenvalue weighted by molar-refractivity contribution is 5.81. The maximum absolute atomic E-state index is 12.6. The molecule has 1 N–H and O–H groups in total. The number of amides is 1. The molecule has 3 nitrogen and oxygen atoms in total. The van der Waals surface area contributed by atoms with Crippen LogP contribution in [0, 0.1) is 22.7 Å². The largest absolute Gasteiger partial charge is 0.347 e. The molecule has 4 unspecified atom stereocenters. The average Bonchev–Trinajstić information content (AvgIpc) is 2.82. The Bertz CT molecular complexity index is 397. The van der Waals surface area contributed by atoms with Crippen molar-refractivity contribution >= 4 is 5.91 Å². The molecule has 0 aliphatic heterocycles. The summed E-state index contributed by atoms with van der Waals surface area (Å²) < 4.78 is 0. The van der Waals surface area contributed by atoms with Crippen LogP contribution in [0.3, 0.4) is 0 Å². The maximum Gasteiger partial charge on any atom is 0.239 e. The van der Waals surface area contributed by atoms with Crippen LogP contribution in [0.2, 0.25) is 0 Å². The van der Waals surface area contributed by atoms with Crippen molar-refractivity contribution in [3.63, 3.8) is 0 Å². The van der Waals surface area contributed by atoms with E-state index in [1.807, 2.05) is 14.1 Å². The lowest BCUT2D eigenvalue weighted by atomic mass is 9.68. The summed E-state index contributed by atoms with van der Waals surface area (Å²) in [6.45, 7) is 11.6. The lowest BCUT2D eigenvalue weighted by Gasteiger charge is -2.45. The second-order valence-corrected chi connectivity index (χ2v) is 8.93. The highest BCUT2D eigenvalue weighted by Gasteiger charge is 2.59. The molecule has 2 rings (SSSR count). The molecule has 2 aliphatic rings. The van der Waals surface area contributed by atoms with E-state index in [0.717, 1.165) is 12.3 Å². The van der Waals surface area contributed by atoms with Gasteiger partial charge in [-0.05, 0) is 48.3 Å². The third-order valence-electron chi connectivity index (χ3n) is 6.08. The summed E-state index contributed by atoms with van der Waals surface area (Å²) >= 11 is 0. The molecule has 0 aromatic heterocycles. The van der Waals surface area contributed by atoms with Gasteiger partial charge in [-0.2, -0.15) is 0 Å². The zero-order valence-corrected chi connectivity index (χ0v) is 15.0. The van der Waals surface area contributed by atoms with E-state index in [0.29, 0.717) is 22.8 Å². The van der Waals surface area contributed by atoms with Crippen LogP contribution in [-0.2, 0) is 4.79 Å². The minimum Gasteiger partial charge on any atom is -0.347 e. The van der Waals surface area contributed by atoms with E-state index in [9.17, 15) is 4.79 Å². The molecule has 0 aromatic carbocycles. The summed E-state index contributed by atoms with van der Waals surface area (Å²) in [6, 6.07) is 0.414. The van der Waals surface area contributed by atoms with Crippen LogP contribution in [-0.4, -0.2) is 37.0 Å². The number of rotatable bonds is 5. The zero-order valence-electron chi connectivity index (χ0n) is 15.0. The van der Waals surface area contributed by atoms with Crippen LogP contribution in [0.5, 0.6) is 0 Å². The first-order valence-corrected chi connectivity index (χ1v) is 8.55. The predicted octanol–water partition coefficient (Wildman–Crippen LogP) is 3.29. The molecule has 2 aliphatic carbocycles. The van der Waals surface area contributed by atoms with Gasteiger partial charge in [0.25, 0.3) is 0 Å². The summed E-state index contributed by atoms with van der Waals surface area (Å²) in [7, 11) is 3.73. The van der Waals surface area contributed by atoms with Gasteiger partial charge < -0.3 is 10.2 Å². The molecule has 2 bridgehead atoms. The van der Waals surface area contributed by atoms with Crippen LogP contribution in [0.15, 0.2) is 0 Å². The first kappa shape index (κ1) is 16.8. The molecule has 4 atom stereocenters. The van der Waals surface area contributed by atoms with Gasteiger partial charge in [-0.25, -0.2) is 0 Å². The second-order valence-electron chi connectivity index (χ2n) is 8.93. The Hall–Kier alpha value is -0.570. The van der Waals surface area contributed by atoms with Crippen molar-refractivity contribution < 1.29 is 4.79 Å². The summed E-state index contributed by atoms with van der Waals surface area (Å²) in [5.41, 5.74) is 0.671. The van der Waals surface area contributed by atoms with Gasteiger partial charge in [0.15, 0.2) is 0 Å². The predicted molar refractivity (Wildman–Crippen MR) is 88.1 cm³/mol. The van der Waals surface area contributed by atoms with Crippen LogP contribution in [0.4, 0.5) is 0 Å². The minimum absolute atomic E-state index is 0.0413. The third kappa shape index (κ3) is 2.99. The smallest absolute Gasteiger partial charge is 0.239 e.